The van der Waals surface area contributed by atoms with Gasteiger partial charge < -0.3 is 14.8 Å². The fourth-order valence-corrected chi connectivity index (χ4v) is 4.42. The van der Waals surface area contributed by atoms with Gasteiger partial charge in [-0.3, -0.25) is 4.79 Å². The maximum atomic E-state index is 12.7. The fraction of sp³-hybridized carbons (Fsp3) is 0.226. The first-order chi connectivity index (χ1) is 17.4. The van der Waals surface area contributed by atoms with Crippen LogP contribution in [0.3, 0.4) is 0 Å². The molecule has 4 rings (SSSR count). The van der Waals surface area contributed by atoms with Gasteiger partial charge in [0.05, 0.1) is 0 Å². The molecule has 2 N–H and O–H groups in total. The van der Waals surface area contributed by atoms with Gasteiger partial charge in [-0.25, -0.2) is 4.79 Å². The minimum Gasteiger partial charge on any atom is -0.482 e. The molecule has 184 valence electrons. The molecule has 0 spiro atoms. The zero-order valence-corrected chi connectivity index (χ0v) is 20.7. The summed E-state index contributed by atoms with van der Waals surface area (Å²) in [5, 5.41) is 8.81. The zero-order valence-electron chi connectivity index (χ0n) is 20.7. The number of carboxylic acid groups (broad SMARTS) is 1. The number of aromatic nitrogens is 1. The van der Waals surface area contributed by atoms with E-state index in [2.05, 4.69) is 67.4 Å². The molecule has 0 atom stereocenters. The summed E-state index contributed by atoms with van der Waals surface area (Å²) < 4.78 is 5.28. The van der Waals surface area contributed by atoms with Crippen LogP contribution in [0, 0.1) is 13.8 Å². The number of hydrogen-bond acceptors (Lipinski definition) is 3. The van der Waals surface area contributed by atoms with E-state index in [0.717, 1.165) is 29.5 Å². The van der Waals surface area contributed by atoms with E-state index in [1.807, 2.05) is 30.5 Å². The summed E-state index contributed by atoms with van der Waals surface area (Å²) in [6.07, 6.45) is 4.01. The highest BCUT2D eigenvalue weighted by molar-refractivity contribution is 5.68. The largest absolute Gasteiger partial charge is 0.482 e. The molecule has 0 saturated carbocycles. The van der Waals surface area contributed by atoms with E-state index in [1.54, 1.807) is 6.07 Å². The average Bonchev–Trinajstić information content (AvgIpc) is 2.87. The topological polar surface area (TPSA) is 79.4 Å². The van der Waals surface area contributed by atoms with Gasteiger partial charge in [0.2, 0.25) is 0 Å². The fourth-order valence-electron chi connectivity index (χ4n) is 4.42. The van der Waals surface area contributed by atoms with Crippen LogP contribution in [0.15, 0.2) is 89.9 Å². The molecule has 0 aliphatic carbocycles. The molecule has 0 amide bonds. The number of hydrogen-bond donors (Lipinski definition) is 2. The molecule has 0 bridgehead atoms. The number of H-pyrrole nitrogens is 1. The van der Waals surface area contributed by atoms with E-state index in [-0.39, 0.29) is 18.1 Å². The van der Waals surface area contributed by atoms with Gasteiger partial charge in [0, 0.05) is 17.7 Å². The number of carboxylic acids is 1. The summed E-state index contributed by atoms with van der Waals surface area (Å²) in [5.41, 5.74) is 7.58. The van der Waals surface area contributed by atoms with Gasteiger partial charge in [0.1, 0.15) is 5.75 Å². The average molecular weight is 482 g/mol. The highest BCUT2D eigenvalue weighted by Crippen LogP contribution is 2.32. The number of rotatable bonds is 10. The SMILES string of the molecule is Cc1ccc(C(c2ccc(C)cc2)c2c[nH]c(=O)c(CCCc3cccc(OCC(=O)O)c3)c2)cc1. The normalized spacial score (nSPS) is 11.0. The third-order valence-corrected chi connectivity index (χ3v) is 6.33. The maximum Gasteiger partial charge on any atom is 0.341 e. The molecule has 0 fully saturated rings. The van der Waals surface area contributed by atoms with Crippen LogP contribution in [0.2, 0.25) is 0 Å². The van der Waals surface area contributed by atoms with Crippen LogP contribution in [-0.4, -0.2) is 22.7 Å². The summed E-state index contributed by atoms with van der Waals surface area (Å²) in [6.45, 7) is 3.79. The van der Waals surface area contributed by atoms with E-state index in [0.29, 0.717) is 12.2 Å². The van der Waals surface area contributed by atoms with E-state index in [1.165, 1.54) is 22.3 Å². The van der Waals surface area contributed by atoms with Crippen molar-refractivity contribution in [1.29, 1.82) is 0 Å². The lowest BCUT2D eigenvalue weighted by molar-refractivity contribution is -0.139. The summed E-state index contributed by atoms with van der Waals surface area (Å²) in [4.78, 5) is 26.4. The van der Waals surface area contributed by atoms with Crippen molar-refractivity contribution in [3.63, 3.8) is 0 Å². The Kier molecular flexibility index (Phi) is 8.01. The Morgan fingerprint density at radius 1 is 0.861 bits per heavy atom. The number of benzene rings is 3. The molecule has 5 heteroatoms. The predicted octanol–water partition coefficient (Wildman–Crippen LogP) is 5.81. The first-order valence-electron chi connectivity index (χ1n) is 12.2. The summed E-state index contributed by atoms with van der Waals surface area (Å²) in [6, 6.07) is 26.6. The van der Waals surface area contributed by atoms with Crippen LogP contribution in [0.25, 0.3) is 0 Å². The Labute approximate surface area is 211 Å². The third-order valence-electron chi connectivity index (χ3n) is 6.33. The molecule has 0 unspecified atom stereocenters. The Hall–Kier alpha value is -4.12. The van der Waals surface area contributed by atoms with Crippen molar-refractivity contribution in [2.45, 2.75) is 39.0 Å². The van der Waals surface area contributed by atoms with Crippen molar-refractivity contribution in [2.24, 2.45) is 0 Å². The molecule has 4 aromatic rings. The van der Waals surface area contributed by atoms with Crippen LogP contribution < -0.4 is 10.3 Å². The van der Waals surface area contributed by atoms with Crippen molar-refractivity contribution in [3.8, 4) is 5.75 Å². The van der Waals surface area contributed by atoms with Crippen LogP contribution in [-0.2, 0) is 17.6 Å². The third kappa shape index (κ3) is 6.51. The summed E-state index contributed by atoms with van der Waals surface area (Å²) in [5.74, 6) is -0.451. The Balaban J connectivity index is 1.54. The zero-order chi connectivity index (χ0) is 25.5. The monoisotopic (exact) mass is 481 g/mol. The molecular formula is C31H31NO4. The molecule has 0 aliphatic rings. The smallest absolute Gasteiger partial charge is 0.341 e. The minimum atomic E-state index is -1.01. The molecule has 0 aliphatic heterocycles. The lowest BCUT2D eigenvalue weighted by Crippen LogP contribution is -2.15. The molecule has 36 heavy (non-hydrogen) atoms. The van der Waals surface area contributed by atoms with E-state index in [4.69, 9.17) is 9.84 Å². The Morgan fingerprint density at radius 3 is 2.11 bits per heavy atom. The predicted molar refractivity (Wildman–Crippen MR) is 142 cm³/mol. The second kappa shape index (κ2) is 11.5. The molecule has 1 aromatic heterocycles. The molecular weight excluding hydrogens is 450 g/mol. The standard InChI is InChI=1S/C31H31NO4/c1-21-9-13-24(14-10-21)30(25-15-11-22(2)12-16-25)27-18-26(31(35)32-19-27)7-3-5-23-6-4-8-28(17-23)36-20-29(33)34/h4,6,8-19,30H,3,5,7,20H2,1-2H3,(H,32,35)(H,33,34). The molecule has 1 heterocycles. The molecule has 5 nitrogen and oxygen atoms in total. The van der Waals surface area contributed by atoms with Crippen molar-refractivity contribution in [3.05, 3.63) is 134 Å². The number of nitrogens with one attached hydrogen (secondary N) is 1. The van der Waals surface area contributed by atoms with E-state index >= 15 is 0 Å². The van der Waals surface area contributed by atoms with Crippen LogP contribution in [0.4, 0.5) is 0 Å². The lowest BCUT2D eigenvalue weighted by Gasteiger charge is -2.20. The highest BCUT2D eigenvalue weighted by Gasteiger charge is 2.18. The summed E-state index contributed by atoms with van der Waals surface area (Å²) in [7, 11) is 0. The van der Waals surface area contributed by atoms with Crippen molar-refractivity contribution in [2.75, 3.05) is 6.61 Å². The number of aromatic amines is 1. The van der Waals surface area contributed by atoms with Gasteiger partial charge in [-0.1, -0.05) is 71.8 Å². The summed E-state index contributed by atoms with van der Waals surface area (Å²) >= 11 is 0. The van der Waals surface area contributed by atoms with Gasteiger partial charge in [-0.15, -0.1) is 0 Å². The van der Waals surface area contributed by atoms with Gasteiger partial charge in [-0.2, -0.15) is 0 Å². The molecule has 0 radical (unpaired) electrons. The van der Waals surface area contributed by atoms with Crippen molar-refractivity contribution in [1.82, 2.24) is 4.98 Å². The number of ether oxygens (including phenoxy) is 1. The number of carbonyl (C=O) groups is 1. The quantitative estimate of drug-likeness (QED) is 0.300. The Bertz CT molecular complexity index is 1330. The van der Waals surface area contributed by atoms with Gasteiger partial charge in [-0.05, 0) is 73.6 Å². The number of aryl methyl sites for hydroxylation is 4. The molecule has 0 saturated heterocycles. The first-order valence-corrected chi connectivity index (χ1v) is 12.2. The minimum absolute atomic E-state index is 0.0184. The number of pyridine rings is 1. The van der Waals surface area contributed by atoms with E-state index in [9.17, 15) is 9.59 Å². The first kappa shape index (κ1) is 25.0. The second-order valence-electron chi connectivity index (χ2n) is 9.23. The van der Waals surface area contributed by atoms with Crippen molar-refractivity contribution < 1.29 is 14.6 Å². The van der Waals surface area contributed by atoms with Crippen LogP contribution >= 0.6 is 0 Å². The maximum absolute atomic E-state index is 12.7. The van der Waals surface area contributed by atoms with E-state index < -0.39 is 5.97 Å². The second-order valence-corrected chi connectivity index (χ2v) is 9.23. The lowest BCUT2D eigenvalue weighted by atomic mass is 9.84. The van der Waals surface area contributed by atoms with Gasteiger partial charge in [0.15, 0.2) is 6.61 Å². The van der Waals surface area contributed by atoms with Crippen LogP contribution in [0.1, 0.15) is 51.3 Å². The van der Waals surface area contributed by atoms with Crippen LogP contribution in [0.5, 0.6) is 5.75 Å². The van der Waals surface area contributed by atoms with Crippen molar-refractivity contribution >= 4 is 5.97 Å². The highest BCUT2D eigenvalue weighted by atomic mass is 16.5. The van der Waals surface area contributed by atoms with Gasteiger partial charge >= 0.3 is 5.97 Å². The van der Waals surface area contributed by atoms with Gasteiger partial charge in [0.25, 0.3) is 5.56 Å². The number of aliphatic carboxylic acids is 1. The molecule has 3 aromatic carbocycles. The Morgan fingerprint density at radius 2 is 1.50 bits per heavy atom.